The van der Waals surface area contributed by atoms with Gasteiger partial charge in [-0.3, -0.25) is 9.59 Å². The van der Waals surface area contributed by atoms with Crippen molar-refractivity contribution in [3.63, 3.8) is 0 Å². The van der Waals surface area contributed by atoms with Gasteiger partial charge >= 0.3 is 0 Å². The van der Waals surface area contributed by atoms with E-state index in [4.69, 9.17) is 0 Å². The van der Waals surface area contributed by atoms with Crippen LogP contribution in [0.15, 0.2) is 66.2 Å². The Hall–Kier alpha value is -2.88. The van der Waals surface area contributed by atoms with Gasteiger partial charge < -0.3 is 10.0 Å². The van der Waals surface area contributed by atoms with Crippen LogP contribution in [0.3, 0.4) is 0 Å². The number of amides is 1. The summed E-state index contributed by atoms with van der Waals surface area (Å²) in [6, 6.07) is 17.9. The molecule has 0 spiro atoms. The molecule has 1 N–H and O–H groups in total. The first kappa shape index (κ1) is 20.8. The van der Waals surface area contributed by atoms with Crippen molar-refractivity contribution in [1.29, 1.82) is 0 Å². The highest BCUT2D eigenvalue weighted by Crippen LogP contribution is 2.39. The van der Waals surface area contributed by atoms with E-state index in [1.807, 2.05) is 36.4 Å². The van der Waals surface area contributed by atoms with Gasteiger partial charge in [0.2, 0.25) is 0 Å². The van der Waals surface area contributed by atoms with Crippen LogP contribution in [-0.4, -0.2) is 28.2 Å². The normalized spacial score (nSPS) is 18.4. The van der Waals surface area contributed by atoms with E-state index in [1.165, 1.54) is 19.3 Å². The number of Topliss-reactive ketones (excluding diaryl/α,β-unsaturated/α-hetero) is 1. The Morgan fingerprint density at radius 2 is 1.45 bits per heavy atom. The molecule has 0 bridgehead atoms. The largest absolute Gasteiger partial charge is 0.507 e. The number of hydrogen-bond acceptors (Lipinski definition) is 3. The summed E-state index contributed by atoms with van der Waals surface area (Å²) in [6.07, 6.45) is 6.64. The summed E-state index contributed by atoms with van der Waals surface area (Å²) in [5.41, 5.74) is 1.57. The van der Waals surface area contributed by atoms with E-state index >= 15 is 0 Å². The van der Waals surface area contributed by atoms with Crippen molar-refractivity contribution in [2.75, 3.05) is 6.54 Å². The van der Waals surface area contributed by atoms with Crippen LogP contribution in [0.2, 0.25) is 0 Å². The van der Waals surface area contributed by atoms with Crippen molar-refractivity contribution in [3.8, 4) is 0 Å². The van der Waals surface area contributed by atoms with Crippen molar-refractivity contribution in [2.45, 2.75) is 51.5 Å². The van der Waals surface area contributed by atoms with Gasteiger partial charge in [0.05, 0.1) is 11.6 Å². The van der Waals surface area contributed by atoms with Crippen LogP contribution in [0, 0.1) is 0 Å². The Kier molecular flexibility index (Phi) is 7.23. The molecule has 3 rings (SSSR count). The van der Waals surface area contributed by atoms with E-state index in [1.54, 1.807) is 29.2 Å². The molecular formula is C25H29NO3. The maximum absolute atomic E-state index is 12.9. The lowest BCUT2D eigenvalue weighted by molar-refractivity contribution is -0.139. The monoisotopic (exact) mass is 391 g/mol. The zero-order chi connectivity index (χ0) is 20.6. The zero-order valence-corrected chi connectivity index (χ0v) is 17.0. The minimum absolute atomic E-state index is 0.108. The third-order valence-corrected chi connectivity index (χ3v) is 5.46. The molecular weight excluding hydrogens is 362 g/mol. The van der Waals surface area contributed by atoms with E-state index < -0.39 is 17.7 Å². The Morgan fingerprint density at radius 3 is 2.10 bits per heavy atom. The van der Waals surface area contributed by atoms with E-state index in [2.05, 4.69) is 6.92 Å². The Labute approximate surface area is 172 Å². The van der Waals surface area contributed by atoms with Gasteiger partial charge in [-0.25, -0.2) is 0 Å². The van der Waals surface area contributed by atoms with Crippen LogP contribution < -0.4 is 0 Å². The third-order valence-electron chi connectivity index (χ3n) is 5.46. The van der Waals surface area contributed by atoms with Gasteiger partial charge in [-0.2, -0.15) is 0 Å². The van der Waals surface area contributed by atoms with Crippen LogP contribution in [0.1, 0.15) is 62.6 Å². The summed E-state index contributed by atoms with van der Waals surface area (Å²) in [5, 5.41) is 10.9. The molecule has 2 aromatic carbocycles. The summed E-state index contributed by atoms with van der Waals surface area (Å²) in [6.45, 7) is 2.70. The molecule has 4 nitrogen and oxygen atoms in total. The molecule has 0 unspecified atom stereocenters. The van der Waals surface area contributed by atoms with E-state index in [-0.39, 0.29) is 11.3 Å². The maximum atomic E-state index is 12.9. The van der Waals surface area contributed by atoms with Crippen LogP contribution >= 0.6 is 0 Å². The summed E-state index contributed by atoms with van der Waals surface area (Å²) in [5.74, 6) is -1.24. The van der Waals surface area contributed by atoms with Crippen LogP contribution in [0.5, 0.6) is 0 Å². The number of unbranched alkanes of at least 4 members (excludes halogenated alkanes) is 5. The molecule has 1 heterocycles. The van der Waals surface area contributed by atoms with Gasteiger partial charge in [-0.05, 0) is 12.0 Å². The molecule has 152 valence electrons. The lowest BCUT2D eigenvalue weighted by atomic mass is 9.95. The molecule has 0 radical (unpaired) electrons. The minimum Gasteiger partial charge on any atom is -0.507 e. The Balaban J connectivity index is 1.90. The number of aliphatic hydroxyl groups excluding tert-OH is 1. The standard InChI is InChI=1S/C25H29NO3/c1-2-3-4-5-6-13-18-26-22(19-14-9-7-10-15-19)21(24(28)25(26)29)23(27)20-16-11-8-12-17-20/h7-12,14-17,22,27H,2-6,13,18H2,1H3/t22-/m1/s1. The molecule has 1 saturated heterocycles. The van der Waals surface area contributed by atoms with Gasteiger partial charge in [0.25, 0.3) is 11.7 Å². The number of nitrogens with zero attached hydrogens (tertiary/aromatic N) is 1. The van der Waals surface area contributed by atoms with Crippen molar-refractivity contribution >= 4 is 17.4 Å². The van der Waals surface area contributed by atoms with E-state index in [0.29, 0.717) is 12.1 Å². The molecule has 0 aliphatic carbocycles. The second-order valence-corrected chi connectivity index (χ2v) is 7.54. The molecule has 29 heavy (non-hydrogen) atoms. The summed E-state index contributed by atoms with van der Waals surface area (Å²) in [7, 11) is 0. The average molecular weight is 392 g/mol. The lowest BCUT2D eigenvalue weighted by Crippen LogP contribution is -2.30. The highest BCUT2D eigenvalue weighted by atomic mass is 16.3. The first-order valence-electron chi connectivity index (χ1n) is 10.5. The first-order chi connectivity index (χ1) is 14.1. The SMILES string of the molecule is CCCCCCCCN1C(=O)C(=O)C(=C(O)c2ccccc2)[C@H]1c1ccccc1. The van der Waals surface area contributed by atoms with Gasteiger partial charge in [0, 0.05) is 12.1 Å². The van der Waals surface area contributed by atoms with E-state index in [9.17, 15) is 14.7 Å². The van der Waals surface area contributed by atoms with Gasteiger partial charge in [0.15, 0.2) is 0 Å². The molecule has 1 atom stereocenters. The molecule has 2 aromatic rings. The molecule has 0 saturated carbocycles. The fraction of sp³-hybridized carbons (Fsp3) is 0.360. The summed E-state index contributed by atoms with van der Waals surface area (Å²) >= 11 is 0. The number of benzene rings is 2. The first-order valence-corrected chi connectivity index (χ1v) is 10.5. The second kappa shape index (κ2) is 10.1. The quantitative estimate of drug-likeness (QED) is 0.267. The van der Waals surface area contributed by atoms with Crippen molar-refractivity contribution in [2.24, 2.45) is 0 Å². The third kappa shape index (κ3) is 4.76. The molecule has 1 aliphatic heterocycles. The van der Waals surface area contributed by atoms with Gasteiger partial charge in [0.1, 0.15) is 5.76 Å². The van der Waals surface area contributed by atoms with Crippen molar-refractivity contribution in [1.82, 2.24) is 4.90 Å². The Morgan fingerprint density at radius 1 is 0.862 bits per heavy atom. The topological polar surface area (TPSA) is 57.6 Å². The summed E-state index contributed by atoms with van der Waals surface area (Å²) in [4.78, 5) is 27.3. The number of carbonyl (C=O) groups excluding carboxylic acids is 2. The van der Waals surface area contributed by atoms with Crippen molar-refractivity contribution in [3.05, 3.63) is 77.4 Å². The fourth-order valence-electron chi connectivity index (χ4n) is 3.91. The summed E-state index contributed by atoms with van der Waals surface area (Å²) < 4.78 is 0. The highest BCUT2D eigenvalue weighted by Gasteiger charge is 2.45. The average Bonchev–Trinajstić information content (AvgIpc) is 3.01. The number of rotatable bonds is 9. The number of aliphatic hydroxyl groups is 1. The maximum Gasteiger partial charge on any atom is 0.295 e. The number of hydrogen-bond donors (Lipinski definition) is 1. The molecule has 0 aromatic heterocycles. The smallest absolute Gasteiger partial charge is 0.295 e. The number of likely N-dealkylation sites (tertiary alicyclic amines) is 1. The number of carbonyl (C=O) groups is 2. The fourth-order valence-corrected chi connectivity index (χ4v) is 3.91. The minimum atomic E-state index is -0.605. The van der Waals surface area contributed by atoms with Gasteiger partial charge in [-0.15, -0.1) is 0 Å². The molecule has 4 heteroatoms. The van der Waals surface area contributed by atoms with Crippen LogP contribution in [0.4, 0.5) is 0 Å². The zero-order valence-electron chi connectivity index (χ0n) is 17.0. The van der Waals surface area contributed by atoms with Crippen LogP contribution in [0.25, 0.3) is 5.76 Å². The lowest BCUT2D eigenvalue weighted by Gasteiger charge is -2.25. The van der Waals surface area contributed by atoms with Crippen molar-refractivity contribution < 1.29 is 14.7 Å². The highest BCUT2D eigenvalue weighted by molar-refractivity contribution is 6.46. The Bertz CT molecular complexity index is 858. The van der Waals surface area contributed by atoms with E-state index in [0.717, 1.165) is 24.8 Å². The molecule has 1 amide bonds. The molecule has 1 fully saturated rings. The molecule has 1 aliphatic rings. The predicted octanol–water partition coefficient (Wildman–Crippen LogP) is 5.47. The second-order valence-electron chi connectivity index (χ2n) is 7.54. The van der Waals surface area contributed by atoms with Gasteiger partial charge in [-0.1, -0.05) is 99.7 Å². The van der Waals surface area contributed by atoms with Crippen LogP contribution in [-0.2, 0) is 9.59 Å². The number of ketones is 1. The predicted molar refractivity (Wildman–Crippen MR) is 115 cm³/mol.